The van der Waals surface area contributed by atoms with E-state index < -0.39 is 12.1 Å². The standard InChI is InChI=1S/C18H34N4O5/c1-14(24)16(22-17(25)9-12-27-13-23)8-4-6-11-21-18(26)15(19)7-3-5-10-20-2/h13,15-16,20H,3-12,19H2,1-2H3,(H,21,26)(H,22,25). The summed E-state index contributed by atoms with van der Waals surface area (Å²) in [6, 6.07) is -1.07. The number of nitrogens with one attached hydrogen (secondary N) is 3. The van der Waals surface area contributed by atoms with Crippen molar-refractivity contribution in [3.8, 4) is 0 Å². The first kappa shape index (κ1) is 25.0. The molecular formula is C18H34N4O5. The predicted molar refractivity (Wildman–Crippen MR) is 102 cm³/mol. The molecule has 27 heavy (non-hydrogen) atoms. The summed E-state index contributed by atoms with van der Waals surface area (Å²) in [5.74, 6) is -0.632. The molecule has 2 unspecified atom stereocenters. The molecule has 0 radical (unpaired) electrons. The number of rotatable bonds is 17. The Bertz CT molecular complexity index is 459. The van der Waals surface area contributed by atoms with Gasteiger partial charge in [-0.1, -0.05) is 6.42 Å². The molecule has 9 heteroatoms. The topological polar surface area (TPSA) is 140 Å². The van der Waals surface area contributed by atoms with E-state index in [-0.39, 0.29) is 37.1 Å². The van der Waals surface area contributed by atoms with Crippen LogP contribution in [0.5, 0.6) is 0 Å². The lowest BCUT2D eigenvalue weighted by atomic mass is 10.1. The van der Waals surface area contributed by atoms with Crippen LogP contribution in [0.15, 0.2) is 0 Å². The molecular weight excluding hydrogens is 352 g/mol. The Labute approximate surface area is 161 Å². The average molecular weight is 386 g/mol. The molecule has 0 saturated carbocycles. The van der Waals surface area contributed by atoms with E-state index in [9.17, 15) is 19.2 Å². The molecule has 0 aliphatic rings. The zero-order valence-corrected chi connectivity index (χ0v) is 16.4. The number of nitrogens with two attached hydrogens (primary N) is 1. The van der Waals surface area contributed by atoms with E-state index in [0.29, 0.717) is 32.2 Å². The van der Waals surface area contributed by atoms with Gasteiger partial charge in [0, 0.05) is 6.54 Å². The van der Waals surface area contributed by atoms with Crippen molar-refractivity contribution in [3.05, 3.63) is 0 Å². The first-order chi connectivity index (χ1) is 12.9. The monoisotopic (exact) mass is 386 g/mol. The summed E-state index contributed by atoms with van der Waals surface area (Å²) in [7, 11) is 1.89. The van der Waals surface area contributed by atoms with Crippen LogP contribution in [0.3, 0.4) is 0 Å². The van der Waals surface area contributed by atoms with E-state index in [1.165, 1.54) is 6.92 Å². The zero-order chi connectivity index (χ0) is 20.5. The molecule has 0 aromatic heterocycles. The number of ketones is 1. The van der Waals surface area contributed by atoms with Crippen LogP contribution < -0.4 is 21.7 Å². The maximum atomic E-state index is 11.9. The molecule has 156 valence electrons. The van der Waals surface area contributed by atoms with E-state index in [1.54, 1.807) is 0 Å². The minimum Gasteiger partial charge on any atom is -0.467 e. The first-order valence-corrected chi connectivity index (χ1v) is 9.45. The molecule has 2 amide bonds. The van der Waals surface area contributed by atoms with Crippen LogP contribution in [0.2, 0.25) is 0 Å². The van der Waals surface area contributed by atoms with Crippen LogP contribution in [0.25, 0.3) is 0 Å². The van der Waals surface area contributed by atoms with E-state index in [0.717, 1.165) is 19.4 Å². The van der Waals surface area contributed by atoms with Gasteiger partial charge in [0.2, 0.25) is 11.8 Å². The second kappa shape index (κ2) is 16.2. The highest BCUT2D eigenvalue weighted by molar-refractivity contribution is 5.87. The van der Waals surface area contributed by atoms with Crippen LogP contribution in [0.4, 0.5) is 0 Å². The van der Waals surface area contributed by atoms with Gasteiger partial charge in [-0.15, -0.1) is 0 Å². The van der Waals surface area contributed by atoms with Gasteiger partial charge < -0.3 is 26.4 Å². The van der Waals surface area contributed by atoms with Crippen LogP contribution in [-0.2, 0) is 23.9 Å². The Morgan fingerprint density at radius 2 is 1.74 bits per heavy atom. The molecule has 0 aliphatic heterocycles. The van der Waals surface area contributed by atoms with Crippen molar-refractivity contribution in [1.82, 2.24) is 16.0 Å². The number of hydrogen-bond acceptors (Lipinski definition) is 7. The average Bonchev–Trinajstić information content (AvgIpc) is 2.63. The maximum absolute atomic E-state index is 11.9. The molecule has 0 saturated heterocycles. The first-order valence-electron chi connectivity index (χ1n) is 9.45. The highest BCUT2D eigenvalue weighted by Gasteiger charge is 2.17. The lowest BCUT2D eigenvalue weighted by molar-refractivity contribution is -0.132. The third-order valence-corrected chi connectivity index (χ3v) is 4.09. The fraction of sp³-hybridized carbons (Fsp3) is 0.778. The quantitative estimate of drug-likeness (QED) is 0.197. The number of hydrogen-bond donors (Lipinski definition) is 4. The van der Waals surface area contributed by atoms with Crippen LogP contribution in [0.1, 0.15) is 51.9 Å². The number of carbonyl (C=O) groups excluding carboxylic acids is 4. The smallest absolute Gasteiger partial charge is 0.293 e. The summed E-state index contributed by atoms with van der Waals surface area (Å²) < 4.78 is 4.46. The number of Topliss-reactive ketones (excluding diaryl/α,β-unsaturated/α-hetero) is 1. The van der Waals surface area contributed by atoms with Gasteiger partial charge in [-0.3, -0.25) is 19.2 Å². The second-order valence-electron chi connectivity index (χ2n) is 6.44. The minimum absolute atomic E-state index is 0.0127. The number of amides is 2. The van der Waals surface area contributed by atoms with Crippen molar-refractivity contribution in [2.75, 3.05) is 26.7 Å². The zero-order valence-electron chi connectivity index (χ0n) is 16.4. The summed E-state index contributed by atoms with van der Waals surface area (Å²) in [5.41, 5.74) is 5.85. The summed E-state index contributed by atoms with van der Waals surface area (Å²) >= 11 is 0. The molecule has 2 atom stereocenters. The van der Waals surface area contributed by atoms with Crippen molar-refractivity contribution in [2.45, 2.75) is 64.0 Å². The highest BCUT2D eigenvalue weighted by atomic mass is 16.5. The molecule has 0 rings (SSSR count). The molecule has 0 spiro atoms. The predicted octanol–water partition coefficient (Wildman–Crippen LogP) is -0.373. The Morgan fingerprint density at radius 1 is 1.07 bits per heavy atom. The minimum atomic E-state index is -0.570. The summed E-state index contributed by atoms with van der Waals surface area (Å²) in [6.07, 6.45) is 4.40. The molecule has 0 aliphatic carbocycles. The summed E-state index contributed by atoms with van der Waals surface area (Å²) in [5, 5.41) is 8.48. The van der Waals surface area contributed by atoms with Gasteiger partial charge in [-0.2, -0.15) is 0 Å². The Balaban J connectivity index is 3.93. The SMILES string of the molecule is CNCCCCC(N)C(=O)NCCCCC(NC(=O)CCOC=O)C(C)=O. The molecule has 0 aromatic rings. The van der Waals surface area contributed by atoms with Crippen LogP contribution in [-0.4, -0.2) is 62.9 Å². The molecule has 5 N–H and O–H groups in total. The third-order valence-electron chi connectivity index (χ3n) is 4.09. The Kier molecular flexibility index (Phi) is 15.0. The van der Waals surface area contributed by atoms with Gasteiger partial charge in [-0.25, -0.2) is 0 Å². The van der Waals surface area contributed by atoms with E-state index in [2.05, 4.69) is 20.7 Å². The van der Waals surface area contributed by atoms with Crippen molar-refractivity contribution in [2.24, 2.45) is 5.73 Å². The normalized spacial score (nSPS) is 12.7. The Morgan fingerprint density at radius 3 is 2.37 bits per heavy atom. The number of carbonyl (C=O) groups is 4. The number of unbranched alkanes of at least 4 members (excludes halogenated alkanes) is 2. The third kappa shape index (κ3) is 13.8. The molecule has 0 heterocycles. The van der Waals surface area contributed by atoms with Gasteiger partial charge in [0.25, 0.3) is 6.47 Å². The van der Waals surface area contributed by atoms with Crippen molar-refractivity contribution < 1.29 is 23.9 Å². The van der Waals surface area contributed by atoms with Crippen LogP contribution in [0, 0.1) is 0 Å². The van der Waals surface area contributed by atoms with Gasteiger partial charge in [0.15, 0.2) is 5.78 Å². The van der Waals surface area contributed by atoms with E-state index in [1.807, 2.05) is 7.05 Å². The summed E-state index contributed by atoms with van der Waals surface area (Å²) in [4.78, 5) is 45.2. The fourth-order valence-electron chi connectivity index (χ4n) is 2.46. The van der Waals surface area contributed by atoms with Crippen molar-refractivity contribution >= 4 is 24.1 Å². The van der Waals surface area contributed by atoms with E-state index in [4.69, 9.17) is 5.73 Å². The second-order valence-corrected chi connectivity index (χ2v) is 6.44. The van der Waals surface area contributed by atoms with E-state index >= 15 is 0 Å². The molecule has 0 aromatic carbocycles. The highest BCUT2D eigenvalue weighted by Crippen LogP contribution is 2.03. The maximum Gasteiger partial charge on any atom is 0.293 e. The van der Waals surface area contributed by atoms with Crippen molar-refractivity contribution in [1.29, 1.82) is 0 Å². The Hall–Kier alpha value is -2.00. The largest absolute Gasteiger partial charge is 0.467 e. The van der Waals surface area contributed by atoms with Gasteiger partial charge in [-0.05, 0) is 52.6 Å². The molecule has 9 nitrogen and oxygen atoms in total. The van der Waals surface area contributed by atoms with Gasteiger partial charge in [0.1, 0.15) is 0 Å². The summed E-state index contributed by atoms with van der Waals surface area (Å²) in [6.45, 7) is 3.07. The van der Waals surface area contributed by atoms with Gasteiger partial charge >= 0.3 is 0 Å². The lowest BCUT2D eigenvalue weighted by Gasteiger charge is -2.16. The number of ether oxygens (including phenoxy) is 1. The van der Waals surface area contributed by atoms with Crippen molar-refractivity contribution in [3.63, 3.8) is 0 Å². The fourth-order valence-corrected chi connectivity index (χ4v) is 2.46. The lowest BCUT2D eigenvalue weighted by Crippen LogP contribution is -2.41. The van der Waals surface area contributed by atoms with Crippen LogP contribution >= 0.6 is 0 Å². The molecule has 0 fully saturated rings. The van der Waals surface area contributed by atoms with Gasteiger partial charge in [0.05, 0.1) is 25.1 Å². The molecule has 0 bridgehead atoms.